The zero-order valence-electron chi connectivity index (χ0n) is 9.77. The van der Waals surface area contributed by atoms with Crippen LogP contribution in [0.25, 0.3) is 0 Å². The molecular weight excluding hydrogens is 242 g/mol. The molecule has 0 atom stereocenters. The first-order chi connectivity index (χ1) is 7.65. The number of benzene rings is 1. The summed E-state index contributed by atoms with van der Waals surface area (Å²) in [6, 6.07) is 4.35. The van der Waals surface area contributed by atoms with Gasteiger partial charge in [0.25, 0.3) is 0 Å². The number of nitrogens with two attached hydrogens (primary N) is 2. The van der Waals surface area contributed by atoms with Crippen molar-refractivity contribution >= 4 is 21.4 Å². The van der Waals surface area contributed by atoms with E-state index in [4.69, 9.17) is 16.0 Å². The number of anilines is 2. The van der Waals surface area contributed by atoms with Gasteiger partial charge in [-0.3, -0.25) is 0 Å². The van der Waals surface area contributed by atoms with E-state index >= 15 is 0 Å². The first-order valence-electron chi connectivity index (χ1n) is 4.97. The second-order valence-corrected chi connectivity index (χ2v) is 5.99. The van der Waals surface area contributed by atoms with Gasteiger partial charge in [0.1, 0.15) is 4.90 Å². The van der Waals surface area contributed by atoms with Crippen molar-refractivity contribution in [1.29, 1.82) is 0 Å². The molecule has 0 aromatic heterocycles. The third kappa shape index (κ3) is 3.58. The fourth-order valence-electron chi connectivity index (χ4n) is 1.32. The molecule has 6 nitrogen and oxygen atoms in total. The van der Waals surface area contributed by atoms with Gasteiger partial charge in [-0.15, -0.1) is 0 Å². The first kappa shape index (κ1) is 13.8. The fraction of sp³-hybridized carbons (Fsp3) is 0.400. The first-order valence-corrected chi connectivity index (χ1v) is 6.52. The molecule has 0 radical (unpaired) electrons. The highest BCUT2D eigenvalue weighted by atomic mass is 32.2. The smallest absolute Gasteiger partial charge is 0.240 e. The average Bonchev–Trinajstić information content (AvgIpc) is 2.15. The van der Waals surface area contributed by atoms with Crippen LogP contribution in [-0.4, -0.2) is 25.7 Å². The molecule has 0 heterocycles. The summed E-state index contributed by atoms with van der Waals surface area (Å²) in [6.07, 6.45) is 0. The number of nitrogens with one attached hydrogen (secondary N) is 1. The fourth-order valence-corrected chi connectivity index (χ4v) is 1.96. The molecule has 1 aromatic rings. The minimum absolute atomic E-state index is 0.0656. The van der Waals surface area contributed by atoms with Crippen LogP contribution in [0.15, 0.2) is 23.1 Å². The molecule has 96 valence electrons. The SMILES string of the molecule is CC(C)(CO)Nc1ccc(S(N)(=O)=O)c(N)c1. The lowest BCUT2D eigenvalue weighted by Gasteiger charge is -2.25. The molecule has 1 rings (SSSR count). The Morgan fingerprint density at radius 2 is 2.00 bits per heavy atom. The Labute approximate surface area is 101 Å². The maximum Gasteiger partial charge on any atom is 0.240 e. The number of aliphatic hydroxyl groups is 1. The van der Waals surface area contributed by atoms with Crippen LogP contribution in [-0.2, 0) is 10.0 Å². The van der Waals surface area contributed by atoms with Gasteiger partial charge in [-0.25, -0.2) is 13.6 Å². The molecule has 0 unspecified atom stereocenters. The molecule has 0 saturated carbocycles. The number of rotatable bonds is 4. The lowest BCUT2D eigenvalue weighted by molar-refractivity contribution is 0.234. The molecule has 0 spiro atoms. The van der Waals surface area contributed by atoms with Gasteiger partial charge < -0.3 is 16.2 Å². The summed E-state index contributed by atoms with van der Waals surface area (Å²) in [5.41, 5.74) is 5.78. The average molecular weight is 259 g/mol. The Hall–Kier alpha value is -1.31. The van der Waals surface area contributed by atoms with E-state index in [-0.39, 0.29) is 17.2 Å². The summed E-state index contributed by atoms with van der Waals surface area (Å²) in [5, 5.41) is 17.1. The molecule has 0 aliphatic carbocycles. The molecule has 0 amide bonds. The minimum Gasteiger partial charge on any atom is -0.398 e. The van der Waals surface area contributed by atoms with Crippen LogP contribution in [0, 0.1) is 0 Å². The molecule has 0 aliphatic heterocycles. The monoisotopic (exact) mass is 259 g/mol. The zero-order valence-corrected chi connectivity index (χ0v) is 10.6. The summed E-state index contributed by atoms with van der Waals surface area (Å²) >= 11 is 0. The molecule has 17 heavy (non-hydrogen) atoms. The normalized spacial score (nSPS) is 12.5. The van der Waals surface area contributed by atoms with Crippen LogP contribution in [0.4, 0.5) is 11.4 Å². The van der Waals surface area contributed by atoms with Gasteiger partial charge in [0.05, 0.1) is 17.8 Å². The van der Waals surface area contributed by atoms with Crippen molar-refractivity contribution in [3.05, 3.63) is 18.2 Å². The predicted molar refractivity (Wildman–Crippen MR) is 67.0 cm³/mol. The van der Waals surface area contributed by atoms with Crippen molar-refractivity contribution < 1.29 is 13.5 Å². The maximum absolute atomic E-state index is 11.1. The molecule has 7 heteroatoms. The van der Waals surface area contributed by atoms with Crippen LogP contribution in [0.5, 0.6) is 0 Å². The predicted octanol–water partition coefficient (Wildman–Crippen LogP) is 0.0990. The lowest BCUT2D eigenvalue weighted by Crippen LogP contribution is -2.34. The number of aliphatic hydroxyl groups excluding tert-OH is 1. The van der Waals surface area contributed by atoms with Crippen LogP contribution in [0.1, 0.15) is 13.8 Å². The van der Waals surface area contributed by atoms with Crippen LogP contribution in [0.3, 0.4) is 0 Å². The van der Waals surface area contributed by atoms with Crippen molar-refractivity contribution in [2.45, 2.75) is 24.3 Å². The summed E-state index contributed by atoms with van der Waals surface area (Å²) < 4.78 is 22.3. The standard InChI is InChI=1S/C10H17N3O3S/c1-10(2,6-14)13-7-3-4-9(8(11)5-7)17(12,15)16/h3-5,13-14H,6,11H2,1-2H3,(H2,12,15,16). The summed E-state index contributed by atoms with van der Waals surface area (Å²) in [5.74, 6) is 0. The molecule has 0 saturated heterocycles. The number of hydrogen-bond acceptors (Lipinski definition) is 5. The van der Waals surface area contributed by atoms with Gasteiger partial charge in [-0.2, -0.15) is 0 Å². The van der Waals surface area contributed by atoms with Gasteiger partial charge in [0, 0.05) is 5.69 Å². The van der Waals surface area contributed by atoms with E-state index in [2.05, 4.69) is 5.32 Å². The van der Waals surface area contributed by atoms with E-state index in [0.29, 0.717) is 5.69 Å². The highest BCUT2D eigenvalue weighted by Gasteiger charge is 2.17. The second-order valence-electron chi connectivity index (χ2n) is 4.46. The van der Waals surface area contributed by atoms with E-state index in [0.717, 1.165) is 0 Å². The summed E-state index contributed by atoms with van der Waals surface area (Å²) in [7, 11) is -3.80. The number of sulfonamides is 1. The van der Waals surface area contributed by atoms with Crippen molar-refractivity contribution in [2.24, 2.45) is 5.14 Å². The van der Waals surface area contributed by atoms with Crippen LogP contribution in [0.2, 0.25) is 0 Å². The largest absolute Gasteiger partial charge is 0.398 e. The van der Waals surface area contributed by atoms with Gasteiger partial charge in [0.2, 0.25) is 10.0 Å². The van der Waals surface area contributed by atoms with Crippen LogP contribution < -0.4 is 16.2 Å². The van der Waals surface area contributed by atoms with Gasteiger partial charge >= 0.3 is 0 Å². The maximum atomic E-state index is 11.1. The molecule has 0 fully saturated rings. The molecule has 0 bridgehead atoms. The molecule has 6 N–H and O–H groups in total. The number of primary sulfonamides is 1. The third-order valence-electron chi connectivity index (χ3n) is 2.19. The van der Waals surface area contributed by atoms with E-state index in [1.807, 2.05) is 0 Å². The third-order valence-corrected chi connectivity index (χ3v) is 3.18. The van der Waals surface area contributed by atoms with Crippen LogP contribution >= 0.6 is 0 Å². The Bertz CT molecular complexity index is 512. The van der Waals surface area contributed by atoms with Crippen molar-refractivity contribution in [1.82, 2.24) is 0 Å². The number of hydrogen-bond donors (Lipinski definition) is 4. The van der Waals surface area contributed by atoms with E-state index in [9.17, 15) is 8.42 Å². The van der Waals surface area contributed by atoms with E-state index < -0.39 is 15.6 Å². The van der Waals surface area contributed by atoms with Gasteiger partial charge in [0.15, 0.2) is 0 Å². The van der Waals surface area contributed by atoms with Crippen molar-refractivity contribution in [3.63, 3.8) is 0 Å². The van der Waals surface area contributed by atoms with E-state index in [1.165, 1.54) is 12.1 Å². The highest BCUT2D eigenvalue weighted by molar-refractivity contribution is 7.89. The molecule has 0 aliphatic rings. The minimum atomic E-state index is -3.80. The van der Waals surface area contributed by atoms with E-state index in [1.54, 1.807) is 19.9 Å². The van der Waals surface area contributed by atoms with Crippen molar-refractivity contribution in [2.75, 3.05) is 17.7 Å². The topological polar surface area (TPSA) is 118 Å². The molecule has 1 aromatic carbocycles. The summed E-state index contributed by atoms with van der Waals surface area (Å²) in [6.45, 7) is 3.54. The quantitative estimate of drug-likeness (QED) is 0.572. The van der Waals surface area contributed by atoms with Gasteiger partial charge in [-0.1, -0.05) is 0 Å². The van der Waals surface area contributed by atoms with Crippen molar-refractivity contribution in [3.8, 4) is 0 Å². The summed E-state index contributed by atoms with van der Waals surface area (Å²) in [4.78, 5) is -0.107. The highest BCUT2D eigenvalue weighted by Crippen LogP contribution is 2.23. The Balaban J connectivity index is 3.06. The second kappa shape index (κ2) is 4.52. The zero-order chi connectivity index (χ0) is 13.3. The van der Waals surface area contributed by atoms with Gasteiger partial charge in [-0.05, 0) is 32.0 Å². The molecular formula is C10H17N3O3S. The lowest BCUT2D eigenvalue weighted by atomic mass is 10.1. The Morgan fingerprint density at radius 3 is 2.41 bits per heavy atom. The Kier molecular flexibility index (Phi) is 3.65. The number of nitrogen functional groups attached to an aromatic ring is 1. The Morgan fingerprint density at radius 1 is 1.41 bits per heavy atom.